The van der Waals surface area contributed by atoms with E-state index in [1.54, 1.807) is 11.3 Å². The molecule has 0 aliphatic carbocycles. The van der Waals surface area contributed by atoms with E-state index in [4.69, 9.17) is 17.3 Å². The van der Waals surface area contributed by atoms with Crippen molar-refractivity contribution >= 4 is 55.0 Å². The monoisotopic (exact) mass is 333 g/mol. The SMILES string of the molecule is CN1CCN(c2nc(N)nc3c2sc2ccc(Cl)cc23)CC1. The molecule has 1 saturated heterocycles. The number of benzene rings is 1. The van der Waals surface area contributed by atoms with Gasteiger partial charge in [0.25, 0.3) is 0 Å². The minimum atomic E-state index is 0.320. The summed E-state index contributed by atoms with van der Waals surface area (Å²) in [5.74, 6) is 1.27. The van der Waals surface area contributed by atoms with Crippen LogP contribution in [0.3, 0.4) is 0 Å². The van der Waals surface area contributed by atoms with Gasteiger partial charge in [-0.25, -0.2) is 4.98 Å². The van der Waals surface area contributed by atoms with Crippen LogP contribution in [0.25, 0.3) is 20.3 Å². The summed E-state index contributed by atoms with van der Waals surface area (Å²) in [6.45, 7) is 3.97. The number of hydrogen-bond acceptors (Lipinski definition) is 6. The molecular weight excluding hydrogens is 318 g/mol. The lowest BCUT2D eigenvalue weighted by molar-refractivity contribution is 0.312. The molecule has 4 rings (SSSR count). The average molecular weight is 334 g/mol. The lowest BCUT2D eigenvalue weighted by atomic mass is 10.2. The topological polar surface area (TPSA) is 58.3 Å². The number of aromatic nitrogens is 2. The number of rotatable bonds is 1. The standard InChI is InChI=1S/C15H16ClN5S/c1-20-4-6-21(7-5-20)14-13-12(18-15(17)19-14)10-8-9(16)2-3-11(10)22-13/h2-3,8H,4-7H2,1H3,(H2,17,18,19). The minimum absolute atomic E-state index is 0.320. The molecule has 5 nitrogen and oxygen atoms in total. The summed E-state index contributed by atoms with van der Waals surface area (Å²) in [5.41, 5.74) is 6.87. The van der Waals surface area contributed by atoms with E-state index in [0.717, 1.165) is 52.3 Å². The van der Waals surface area contributed by atoms with E-state index in [1.165, 1.54) is 0 Å². The van der Waals surface area contributed by atoms with Gasteiger partial charge in [0.1, 0.15) is 0 Å². The van der Waals surface area contributed by atoms with Crippen LogP contribution >= 0.6 is 22.9 Å². The smallest absolute Gasteiger partial charge is 0.222 e. The summed E-state index contributed by atoms with van der Waals surface area (Å²) in [4.78, 5) is 13.6. The summed E-state index contributed by atoms with van der Waals surface area (Å²) in [6, 6.07) is 5.90. The number of nitrogens with zero attached hydrogens (tertiary/aromatic N) is 4. The van der Waals surface area contributed by atoms with Gasteiger partial charge in [-0.05, 0) is 25.2 Å². The zero-order valence-corrected chi connectivity index (χ0v) is 13.8. The van der Waals surface area contributed by atoms with Crippen molar-refractivity contribution in [2.45, 2.75) is 0 Å². The van der Waals surface area contributed by atoms with Crippen LogP contribution in [0.2, 0.25) is 5.02 Å². The second kappa shape index (κ2) is 5.22. The molecule has 3 aromatic rings. The van der Waals surface area contributed by atoms with Gasteiger partial charge < -0.3 is 15.5 Å². The zero-order valence-electron chi connectivity index (χ0n) is 12.2. The molecule has 0 bridgehead atoms. The molecule has 1 aromatic carbocycles. The molecule has 3 heterocycles. The number of anilines is 2. The predicted octanol–water partition coefficient (Wildman–Crippen LogP) is 2.83. The van der Waals surface area contributed by atoms with E-state index in [1.807, 2.05) is 18.2 Å². The molecule has 7 heteroatoms. The first kappa shape index (κ1) is 14.0. The van der Waals surface area contributed by atoms with E-state index in [-0.39, 0.29) is 0 Å². The highest BCUT2D eigenvalue weighted by atomic mass is 35.5. The normalized spacial score (nSPS) is 16.7. The fraction of sp³-hybridized carbons (Fsp3) is 0.333. The van der Waals surface area contributed by atoms with Crippen molar-refractivity contribution in [3.63, 3.8) is 0 Å². The number of fused-ring (bicyclic) bond motifs is 3. The Hall–Kier alpha value is -1.63. The lowest BCUT2D eigenvalue weighted by Crippen LogP contribution is -2.44. The van der Waals surface area contributed by atoms with Crippen molar-refractivity contribution in [2.75, 3.05) is 43.9 Å². The Morgan fingerprint density at radius 1 is 1.18 bits per heavy atom. The molecular formula is C15H16ClN5S. The molecule has 22 heavy (non-hydrogen) atoms. The molecule has 0 saturated carbocycles. The van der Waals surface area contributed by atoms with E-state index in [2.05, 4.69) is 26.8 Å². The van der Waals surface area contributed by atoms with Gasteiger partial charge in [0.05, 0.1) is 10.2 Å². The van der Waals surface area contributed by atoms with Crippen molar-refractivity contribution in [3.05, 3.63) is 23.2 Å². The molecule has 0 radical (unpaired) electrons. The van der Waals surface area contributed by atoms with E-state index in [9.17, 15) is 0 Å². The van der Waals surface area contributed by atoms with Gasteiger partial charge in [-0.15, -0.1) is 11.3 Å². The van der Waals surface area contributed by atoms with Crippen LogP contribution in [0.1, 0.15) is 0 Å². The van der Waals surface area contributed by atoms with Gasteiger partial charge >= 0.3 is 0 Å². The molecule has 0 unspecified atom stereocenters. The van der Waals surface area contributed by atoms with Gasteiger partial charge in [-0.3, -0.25) is 0 Å². The van der Waals surface area contributed by atoms with Gasteiger partial charge in [-0.2, -0.15) is 4.98 Å². The quantitative estimate of drug-likeness (QED) is 0.742. The number of hydrogen-bond donors (Lipinski definition) is 1. The number of nitrogens with two attached hydrogens (primary N) is 1. The lowest BCUT2D eigenvalue weighted by Gasteiger charge is -2.33. The highest BCUT2D eigenvalue weighted by molar-refractivity contribution is 7.26. The molecule has 114 valence electrons. The van der Waals surface area contributed by atoms with Crippen LogP contribution in [-0.4, -0.2) is 48.1 Å². The van der Waals surface area contributed by atoms with Crippen molar-refractivity contribution in [1.82, 2.24) is 14.9 Å². The Labute approximate surface area is 137 Å². The van der Waals surface area contributed by atoms with E-state index >= 15 is 0 Å². The molecule has 0 amide bonds. The fourth-order valence-electron chi connectivity index (χ4n) is 2.85. The summed E-state index contributed by atoms with van der Waals surface area (Å²) in [6.07, 6.45) is 0. The van der Waals surface area contributed by atoms with Crippen LogP contribution in [0.15, 0.2) is 18.2 Å². The summed E-state index contributed by atoms with van der Waals surface area (Å²) in [7, 11) is 2.14. The number of halogens is 1. The molecule has 2 aromatic heterocycles. The third kappa shape index (κ3) is 2.27. The third-order valence-electron chi connectivity index (χ3n) is 4.08. The molecule has 1 fully saturated rings. The second-order valence-corrected chi connectivity index (χ2v) is 7.10. The highest BCUT2D eigenvalue weighted by Crippen LogP contribution is 2.39. The first-order chi connectivity index (χ1) is 10.6. The Kier molecular flexibility index (Phi) is 3.32. The van der Waals surface area contributed by atoms with Gasteiger partial charge in [-0.1, -0.05) is 11.6 Å². The maximum Gasteiger partial charge on any atom is 0.222 e. The Morgan fingerprint density at radius 2 is 1.95 bits per heavy atom. The number of nitrogen functional groups attached to an aromatic ring is 1. The Bertz CT molecular complexity index is 854. The van der Waals surface area contributed by atoms with Crippen molar-refractivity contribution in [1.29, 1.82) is 0 Å². The van der Waals surface area contributed by atoms with Crippen LogP contribution < -0.4 is 10.6 Å². The largest absolute Gasteiger partial charge is 0.368 e. The predicted molar refractivity (Wildman–Crippen MR) is 94.1 cm³/mol. The van der Waals surface area contributed by atoms with Crippen LogP contribution in [0.5, 0.6) is 0 Å². The third-order valence-corrected chi connectivity index (χ3v) is 5.47. The molecule has 1 aliphatic heterocycles. The van der Waals surface area contributed by atoms with Crippen molar-refractivity contribution < 1.29 is 0 Å². The van der Waals surface area contributed by atoms with Crippen LogP contribution in [-0.2, 0) is 0 Å². The van der Waals surface area contributed by atoms with Gasteiger partial charge in [0.2, 0.25) is 5.95 Å². The first-order valence-corrected chi connectivity index (χ1v) is 8.40. The molecule has 0 atom stereocenters. The Balaban J connectivity index is 1.92. The van der Waals surface area contributed by atoms with E-state index < -0.39 is 0 Å². The Morgan fingerprint density at radius 3 is 2.73 bits per heavy atom. The highest BCUT2D eigenvalue weighted by Gasteiger charge is 2.21. The minimum Gasteiger partial charge on any atom is -0.368 e. The van der Waals surface area contributed by atoms with E-state index in [0.29, 0.717) is 11.0 Å². The first-order valence-electron chi connectivity index (χ1n) is 7.20. The summed E-state index contributed by atoms with van der Waals surface area (Å²) < 4.78 is 2.26. The molecule has 2 N–H and O–H groups in total. The number of piperazine rings is 1. The number of thiophene rings is 1. The molecule has 0 spiro atoms. The van der Waals surface area contributed by atoms with Crippen LogP contribution in [0.4, 0.5) is 11.8 Å². The number of likely N-dealkylation sites (N-methyl/N-ethyl adjacent to an activating group) is 1. The summed E-state index contributed by atoms with van der Waals surface area (Å²) in [5, 5.41) is 1.77. The fourth-order valence-corrected chi connectivity index (χ4v) is 4.16. The maximum atomic E-state index is 6.13. The zero-order chi connectivity index (χ0) is 15.3. The summed E-state index contributed by atoms with van der Waals surface area (Å²) >= 11 is 7.84. The van der Waals surface area contributed by atoms with Gasteiger partial charge in [0, 0.05) is 41.3 Å². The molecule has 1 aliphatic rings. The van der Waals surface area contributed by atoms with Crippen molar-refractivity contribution in [3.8, 4) is 0 Å². The van der Waals surface area contributed by atoms with Crippen molar-refractivity contribution in [2.24, 2.45) is 0 Å². The average Bonchev–Trinajstić information content (AvgIpc) is 2.85. The second-order valence-electron chi connectivity index (χ2n) is 5.62. The maximum absolute atomic E-state index is 6.13. The van der Waals surface area contributed by atoms with Gasteiger partial charge in [0.15, 0.2) is 5.82 Å². The van der Waals surface area contributed by atoms with Crippen LogP contribution in [0, 0.1) is 0 Å².